The smallest absolute Gasteiger partial charge is 0.238 e. The maximum absolute atomic E-state index is 5.68. The highest BCUT2D eigenvalue weighted by Gasteiger charge is 2.04. The average molecular weight is 335 g/mol. The van der Waals surface area contributed by atoms with Crippen molar-refractivity contribution in [2.45, 2.75) is 20.4 Å². The quantitative estimate of drug-likeness (QED) is 0.718. The molecule has 1 heterocycles. The van der Waals surface area contributed by atoms with Gasteiger partial charge in [0.1, 0.15) is 11.5 Å². The molecule has 3 rings (SSSR count). The van der Waals surface area contributed by atoms with Crippen molar-refractivity contribution < 1.29 is 9.47 Å². The maximum atomic E-state index is 5.68. The molecule has 0 saturated heterocycles. The Bertz CT molecular complexity index is 831. The summed E-state index contributed by atoms with van der Waals surface area (Å²) in [4.78, 5) is 0. The van der Waals surface area contributed by atoms with Crippen LogP contribution in [-0.2, 0) is 6.54 Å². The second-order valence-electron chi connectivity index (χ2n) is 5.81. The first-order chi connectivity index (χ1) is 12.1. The van der Waals surface area contributed by atoms with Gasteiger partial charge in [-0.3, -0.25) is 0 Å². The van der Waals surface area contributed by atoms with E-state index < -0.39 is 0 Å². The Morgan fingerprint density at radius 2 is 1.72 bits per heavy atom. The predicted octanol–water partition coefficient (Wildman–Crippen LogP) is 4.51. The Morgan fingerprint density at radius 1 is 0.920 bits per heavy atom. The van der Waals surface area contributed by atoms with E-state index in [2.05, 4.69) is 28.5 Å². The van der Waals surface area contributed by atoms with Crippen molar-refractivity contribution in [3.8, 4) is 17.4 Å². The lowest BCUT2D eigenvalue weighted by molar-refractivity contribution is 0.410. The molecule has 0 aliphatic heterocycles. The fourth-order valence-corrected chi connectivity index (χ4v) is 2.45. The van der Waals surface area contributed by atoms with E-state index in [9.17, 15) is 0 Å². The lowest BCUT2D eigenvalue weighted by Crippen LogP contribution is -2.02. The van der Waals surface area contributed by atoms with Gasteiger partial charge in [0.25, 0.3) is 0 Å². The minimum Gasteiger partial charge on any atom is -0.496 e. The second kappa shape index (κ2) is 7.66. The minimum atomic E-state index is 0.482. The van der Waals surface area contributed by atoms with Crippen molar-refractivity contribution in [1.29, 1.82) is 0 Å². The maximum Gasteiger partial charge on any atom is 0.238 e. The molecule has 5 heteroatoms. The van der Waals surface area contributed by atoms with Gasteiger partial charge < -0.3 is 14.8 Å². The van der Waals surface area contributed by atoms with Crippen LogP contribution in [0, 0.1) is 13.8 Å². The van der Waals surface area contributed by atoms with Gasteiger partial charge >= 0.3 is 0 Å². The number of anilines is 1. The molecule has 0 unspecified atom stereocenters. The monoisotopic (exact) mass is 335 g/mol. The molecule has 128 valence electrons. The first-order valence-corrected chi connectivity index (χ1v) is 8.10. The molecule has 0 bridgehead atoms. The lowest BCUT2D eigenvalue weighted by Gasteiger charge is -2.12. The van der Waals surface area contributed by atoms with Gasteiger partial charge in [0.15, 0.2) is 0 Å². The van der Waals surface area contributed by atoms with Crippen LogP contribution in [0.15, 0.2) is 54.6 Å². The number of methoxy groups -OCH3 is 1. The van der Waals surface area contributed by atoms with Crippen molar-refractivity contribution in [1.82, 2.24) is 10.2 Å². The largest absolute Gasteiger partial charge is 0.496 e. The molecule has 25 heavy (non-hydrogen) atoms. The number of hydrogen-bond donors (Lipinski definition) is 1. The summed E-state index contributed by atoms with van der Waals surface area (Å²) in [6.07, 6.45) is 0. The summed E-state index contributed by atoms with van der Waals surface area (Å²) in [7, 11) is 1.69. The van der Waals surface area contributed by atoms with Crippen LogP contribution in [0.3, 0.4) is 0 Å². The normalized spacial score (nSPS) is 10.4. The van der Waals surface area contributed by atoms with Crippen LogP contribution in [0.1, 0.15) is 16.8 Å². The zero-order valence-corrected chi connectivity index (χ0v) is 14.6. The van der Waals surface area contributed by atoms with E-state index in [1.54, 1.807) is 13.2 Å². The molecule has 5 nitrogen and oxygen atoms in total. The van der Waals surface area contributed by atoms with E-state index >= 15 is 0 Å². The predicted molar refractivity (Wildman–Crippen MR) is 98.3 cm³/mol. The third kappa shape index (κ3) is 4.47. The fourth-order valence-electron chi connectivity index (χ4n) is 2.45. The molecule has 1 N–H and O–H groups in total. The van der Waals surface area contributed by atoms with Crippen molar-refractivity contribution >= 4 is 5.69 Å². The van der Waals surface area contributed by atoms with Gasteiger partial charge in [-0.1, -0.05) is 17.7 Å². The van der Waals surface area contributed by atoms with Crippen molar-refractivity contribution in [3.63, 3.8) is 0 Å². The van der Waals surface area contributed by atoms with Gasteiger partial charge in [-0.15, -0.1) is 5.10 Å². The Kier molecular flexibility index (Phi) is 5.14. The van der Waals surface area contributed by atoms with Crippen molar-refractivity contribution in [2.24, 2.45) is 0 Å². The third-order valence-electron chi connectivity index (χ3n) is 3.77. The summed E-state index contributed by atoms with van der Waals surface area (Å²) in [5, 5.41) is 11.4. The van der Waals surface area contributed by atoms with Gasteiger partial charge in [0.2, 0.25) is 5.88 Å². The van der Waals surface area contributed by atoms with E-state index in [0.717, 1.165) is 28.4 Å². The van der Waals surface area contributed by atoms with E-state index in [1.807, 2.05) is 49.4 Å². The first kappa shape index (κ1) is 16.8. The highest BCUT2D eigenvalue weighted by molar-refractivity contribution is 5.48. The van der Waals surface area contributed by atoms with Crippen LogP contribution in [-0.4, -0.2) is 17.3 Å². The molecule has 0 radical (unpaired) electrons. The molecule has 0 saturated carbocycles. The number of ether oxygens (including phenoxy) is 2. The lowest BCUT2D eigenvalue weighted by atomic mass is 10.1. The van der Waals surface area contributed by atoms with E-state index in [-0.39, 0.29) is 0 Å². The summed E-state index contributed by atoms with van der Waals surface area (Å²) in [5.74, 6) is 2.09. The summed E-state index contributed by atoms with van der Waals surface area (Å²) in [6.45, 7) is 4.65. The van der Waals surface area contributed by atoms with Gasteiger partial charge in [0.05, 0.1) is 12.8 Å². The van der Waals surface area contributed by atoms with Gasteiger partial charge in [0, 0.05) is 23.9 Å². The molecule has 0 aliphatic carbocycles. The standard InChI is InChI=1S/C20H21N3O2/c1-14-4-10-19(24-3)16(12-14)13-21-17-6-8-18(9-7-17)25-20-11-5-15(2)22-23-20/h4-12,21H,13H2,1-3H3. The zero-order chi connectivity index (χ0) is 17.6. The van der Waals surface area contributed by atoms with E-state index in [0.29, 0.717) is 12.4 Å². The van der Waals surface area contributed by atoms with Crippen LogP contribution in [0.4, 0.5) is 5.69 Å². The second-order valence-corrected chi connectivity index (χ2v) is 5.81. The fraction of sp³-hybridized carbons (Fsp3) is 0.200. The van der Waals surface area contributed by atoms with E-state index in [4.69, 9.17) is 9.47 Å². The third-order valence-corrected chi connectivity index (χ3v) is 3.77. The van der Waals surface area contributed by atoms with Gasteiger partial charge in [-0.2, -0.15) is 5.10 Å². The average Bonchev–Trinajstić information content (AvgIpc) is 2.63. The Hall–Kier alpha value is -3.08. The summed E-state index contributed by atoms with van der Waals surface area (Å²) >= 11 is 0. The Morgan fingerprint density at radius 3 is 2.40 bits per heavy atom. The van der Waals surface area contributed by atoms with Crippen molar-refractivity contribution in [3.05, 3.63) is 71.4 Å². The Labute approximate surface area is 147 Å². The molecular weight excluding hydrogens is 314 g/mol. The number of hydrogen-bond acceptors (Lipinski definition) is 5. The van der Waals surface area contributed by atoms with Crippen LogP contribution in [0.2, 0.25) is 0 Å². The number of aryl methyl sites for hydroxylation is 2. The highest BCUT2D eigenvalue weighted by atomic mass is 16.5. The van der Waals surface area contributed by atoms with Crippen molar-refractivity contribution in [2.75, 3.05) is 12.4 Å². The SMILES string of the molecule is COc1ccc(C)cc1CNc1ccc(Oc2ccc(C)nn2)cc1. The van der Waals surface area contributed by atoms with Gasteiger partial charge in [-0.05, 0) is 50.2 Å². The zero-order valence-electron chi connectivity index (χ0n) is 14.6. The molecule has 0 atom stereocenters. The van der Waals surface area contributed by atoms with Crippen LogP contribution in [0.25, 0.3) is 0 Å². The minimum absolute atomic E-state index is 0.482. The number of nitrogens with zero attached hydrogens (tertiary/aromatic N) is 2. The molecule has 0 aliphatic rings. The molecule has 1 aromatic heterocycles. The molecule has 2 aromatic carbocycles. The van der Waals surface area contributed by atoms with Crippen LogP contribution >= 0.6 is 0 Å². The summed E-state index contributed by atoms with van der Waals surface area (Å²) in [5.41, 5.74) is 4.20. The Balaban J connectivity index is 1.63. The van der Waals surface area contributed by atoms with Gasteiger partial charge in [-0.25, -0.2) is 0 Å². The topological polar surface area (TPSA) is 56.3 Å². The summed E-state index contributed by atoms with van der Waals surface area (Å²) < 4.78 is 11.1. The van der Waals surface area contributed by atoms with E-state index in [1.165, 1.54) is 5.56 Å². The molecule has 0 amide bonds. The first-order valence-electron chi connectivity index (χ1n) is 8.10. The summed E-state index contributed by atoms with van der Waals surface area (Å²) in [6, 6.07) is 17.6. The number of nitrogens with one attached hydrogen (secondary N) is 1. The van der Waals surface area contributed by atoms with Crippen LogP contribution in [0.5, 0.6) is 17.4 Å². The highest BCUT2D eigenvalue weighted by Crippen LogP contribution is 2.23. The molecule has 0 spiro atoms. The number of aromatic nitrogens is 2. The molecule has 3 aromatic rings. The number of benzene rings is 2. The van der Waals surface area contributed by atoms with Crippen LogP contribution < -0.4 is 14.8 Å². The molecular formula is C20H21N3O2. The number of rotatable bonds is 6. The molecule has 0 fully saturated rings.